The van der Waals surface area contributed by atoms with E-state index < -0.39 is 5.66 Å². The van der Waals surface area contributed by atoms with Crippen molar-refractivity contribution in [3.05, 3.63) is 59.7 Å². The molecule has 190 valence electrons. The van der Waals surface area contributed by atoms with Crippen LogP contribution in [0.25, 0.3) is 0 Å². The van der Waals surface area contributed by atoms with E-state index in [2.05, 4.69) is 12.1 Å². The Kier molecular flexibility index (Phi) is 6.73. The molecule has 2 aromatic rings. The van der Waals surface area contributed by atoms with E-state index in [0.29, 0.717) is 49.4 Å². The Labute approximate surface area is 213 Å². The number of likely N-dealkylation sites (tertiary alicyclic amines) is 1. The number of amides is 3. The van der Waals surface area contributed by atoms with E-state index >= 15 is 0 Å². The molecule has 0 aliphatic carbocycles. The normalized spacial score (nSPS) is 22.0. The molecule has 5 rings (SSSR count). The van der Waals surface area contributed by atoms with Crippen LogP contribution in [0.15, 0.2) is 48.5 Å². The summed E-state index contributed by atoms with van der Waals surface area (Å²) in [6.45, 7) is 4.01. The number of fused-ring (bicyclic) bond motifs is 3. The Balaban J connectivity index is 1.14. The summed E-state index contributed by atoms with van der Waals surface area (Å²) in [5, 5.41) is 0. The molecule has 36 heavy (non-hydrogen) atoms. The van der Waals surface area contributed by atoms with Gasteiger partial charge in [0.2, 0.25) is 11.8 Å². The minimum Gasteiger partial charge on any atom is -0.497 e. The third-order valence-corrected chi connectivity index (χ3v) is 8.17. The first kappa shape index (κ1) is 24.3. The zero-order valence-corrected chi connectivity index (χ0v) is 21.2. The molecular weight excluding hydrogens is 454 g/mol. The molecule has 3 heterocycles. The van der Waals surface area contributed by atoms with Gasteiger partial charge in [-0.3, -0.25) is 19.3 Å². The second kappa shape index (κ2) is 9.96. The maximum Gasteiger partial charge on any atom is 0.257 e. The molecule has 2 fully saturated rings. The van der Waals surface area contributed by atoms with E-state index in [9.17, 15) is 14.4 Å². The van der Waals surface area contributed by atoms with Crippen molar-refractivity contribution in [2.45, 2.75) is 57.5 Å². The summed E-state index contributed by atoms with van der Waals surface area (Å²) in [6.07, 6.45) is 5.09. The number of benzene rings is 2. The number of carbonyl (C=O) groups excluding carboxylic acids is 3. The van der Waals surface area contributed by atoms with Gasteiger partial charge in [-0.05, 0) is 74.8 Å². The summed E-state index contributed by atoms with van der Waals surface area (Å²) in [6, 6.07) is 15.6. The van der Waals surface area contributed by atoms with Gasteiger partial charge in [0.15, 0.2) is 0 Å². The van der Waals surface area contributed by atoms with Gasteiger partial charge in [0.1, 0.15) is 11.4 Å². The Morgan fingerprint density at radius 1 is 1.06 bits per heavy atom. The third kappa shape index (κ3) is 4.47. The molecule has 3 amide bonds. The number of para-hydroxylation sites is 1. The van der Waals surface area contributed by atoms with E-state index in [0.717, 1.165) is 38.1 Å². The first-order valence-electron chi connectivity index (χ1n) is 13.1. The van der Waals surface area contributed by atoms with Crippen LogP contribution < -0.4 is 9.64 Å². The van der Waals surface area contributed by atoms with E-state index in [1.54, 1.807) is 18.1 Å². The van der Waals surface area contributed by atoms with Gasteiger partial charge in [0.25, 0.3) is 5.91 Å². The SMILES string of the molecule is COc1ccc(CC2CCN(C(=O)CCCN3C(=O)c4ccccc4N4C(=O)CCC34C)CC2)cc1. The van der Waals surface area contributed by atoms with Crippen molar-refractivity contribution in [3.8, 4) is 5.75 Å². The van der Waals surface area contributed by atoms with Crippen LogP contribution in [0.3, 0.4) is 0 Å². The second-order valence-electron chi connectivity index (χ2n) is 10.4. The number of anilines is 1. The van der Waals surface area contributed by atoms with Gasteiger partial charge in [0, 0.05) is 32.5 Å². The van der Waals surface area contributed by atoms with Crippen molar-refractivity contribution in [2.24, 2.45) is 5.92 Å². The van der Waals surface area contributed by atoms with Gasteiger partial charge in [-0.2, -0.15) is 0 Å². The number of rotatable bonds is 7. The molecule has 3 aliphatic rings. The van der Waals surface area contributed by atoms with E-state index in [4.69, 9.17) is 4.74 Å². The van der Waals surface area contributed by atoms with Crippen LogP contribution in [0.5, 0.6) is 5.75 Å². The van der Waals surface area contributed by atoms with Crippen molar-refractivity contribution in [1.82, 2.24) is 9.80 Å². The van der Waals surface area contributed by atoms with E-state index in [1.165, 1.54) is 5.56 Å². The highest BCUT2D eigenvalue weighted by Crippen LogP contribution is 2.44. The number of carbonyl (C=O) groups is 3. The predicted octanol–water partition coefficient (Wildman–Crippen LogP) is 4.26. The fraction of sp³-hybridized carbons (Fsp3) is 0.483. The minimum absolute atomic E-state index is 0.0501. The van der Waals surface area contributed by atoms with Gasteiger partial charge >= 0.3 is 0 Å². The van der Waals surface area contributed by atoms with Crippen LogP contribution in [0.1, 0.15) is 61.4 Å². The maximum absolute atomic E-state index is 13.4. The smallest absolute Gasteiger partial charge is 0.257 e. The minimum atomic E-state index is -0.661. The van der Waals surface area contributed by atoms with E-state index in [1.807, 2.05) is 47.1 Å². The fourth-order valence-electron chi connectivity index (χ4n) is 6.07. The lowest BCUT2D eigenvalue weighted by atomic mass is 9.90. The summed E-state index contributed by atoms with van der Waals surface area (Å²) in [5.74, 6) is 1.62. The van der Waals surface area contributed by atoms with Gasteiger partial charge in [-0.15, -0.1) is 0 Å². The zero-order valence-electron chi connectivity index (χ0n) is 21.2. The lowest BCUT2D eigenvalue weighted by Crippen LogP contribution is -2.62. The lowest BCUT2D eigenvalue weighted by molar-refractivity contribution is -0.132. The molecule has 0 aromatic heterocycles. The van der Waals surface area contributed by atoms with Gasteiger partial charge < -0.3 is 14.5 Å². The molecule has 0 saturated carbocycles. The van der Waals surface area contributed by atoms with Crippen LogP contribution in [0.2, 0.25) is 0 Å². The highest BCUT2D eigenvalue weighted by molar-refractivity contribution is 6.10. The zero-order chi connectivity index (χ0) is 25.3. The fourth-order valence-corrected chi connectivity index (χ4v) is 6.07. The summed E-state index contributed by atoms with van der Waals surface area (Å²) in [4.78, 5) is 44.6. The topological polar surface area (TPSA) is 70.2 Å². The summed E-state index contributed by atoms with van der Waals surface area (Å²) in [5.41, 5.74) is 1.92. The number of hydrogen-bond acceptors (Lipinski definition) is 4. The summed E-state index contributed by atoms with van der Waals surface area (Å²) < 4.78 is 5.24. The van der Waals surface area contributed by atoms with Crippen molar-refractivity contribution < 1.29 is 19.1 Å². The molecule has 0 radical (unpaired) electrons. The van der Waals surface area contributed by atoms with Crippen molar-refractivity contribution >= 4 is 23.4 Å². The van der Waals surface area contributed by atoms with Crippen LogP contribution in [-0.4, -0.2) is 59.9 Å². The molecule has 2 saturated heterocycles. The second-order valence-corrected chi connectivity index (χ2v) is 10.4. The van der Waals surface area contributed by atoms with Crippen molar-refractivity contribution in [2.75, 3.05) is 31.6 Å². The molecule has 2 aromatic carbocycles. The standard InChI is InChI=1S/C29H35N3O4/c1-29-16-13-27(34)32(29)25-7-4-3-6-24(25)28(35)31(29)17-5-8-26(33)30-18-14-22(15-19-30)20-21-9-11-23(36-2)12-10-21/h3-4,6-7,9-12,22H,5,8,13-20H2,1-2H3. The highest BCUT2D eigenvalue weighted by Gasteiger charge is 2.52. The van der Waals surface area contributed by atoms with E-state index in [-0.39, 0.29) is 17.7 Å². The Bertz CT molecular complexity index is 1140. The third-order valence-electron chi connectivity index (χ3n) is 8.17. The summed E-state index contributed by atoms with van der Waals surface area (Å²) >= 11 is 0. The average Bonchev–Trinajstić information content (AvgIpc) is 3.21. The number of nitrogens with zero attached hydrogens (tertiary/aromatic N) is 3. The van der Waals surface area contributed by atoms with Crippen LogP contribution in [0, 0.1) is 5.92 Å². The highest BCUT2D eigenvalue weighted by atomic mass is 16.5. The first-order chi connectivity index (χ1) is 17.4. The molecule has 0 N–H and O–H groups in total. The summed E-state index contributed by atoms with van der Waals surface area (Å²) in [7, 11) is 1.68. The lowest BCUT2D eigenvalue weighted by Gasteiger charge is -2.48. The Hall–Kier alpha value is -3.35. The van der Waals surface area contributed by atoms with Gasteiger partial charge in [-0.25, -0.2) is 0 Å². The van der Waals surface area contributed by atoms with Crippen LogP contribution >= 0.6 is 0 Å². The molecule has 7 nitrogen and oxygen atoms in total. The monoisotopic (exact) mass is 489 g/mol. The van der Waals surface area contributed by atoms with Crippen molar-refractivity contribution in [1.29, 1.82) is 0 Å². The Morgan fingerprint density at radius 2 is 1.78 bits per heavy atom. The van der Waals surface area contributed by atoms with Gasteiger partial charge in [-0.1, -0.05) is 24.3 Å². The predicted molar refractivity (Wildman–Crippen MR) is 138 cm³/mol. The quantitative estimate of drug-likeness (QED) is 0.583. The number of ether oxygens (including phenoxy) is 1. The molecular formula is C29H35N3O4. The molecule has 0 spiro atoms. The molecule has 1 atom stereocenters. The molecule has 3 aliphatic heterocycles. The molecule has 0 bridgehead atoms. The number of piperidine rings is 1. The van der Waals surface area contributed by atoms with Crippen molar-refractivity contribution in [3.63, 3.8) is 0 Å². The van der Waals surface area contributed by atoms with Crippen LogP contribution in [0.4, 0.5) is 5.69 Å². The number of methoxy groups -OCH3 is 1. The Morgan fingerprint density at radius 3 is 2.50 bits per heavy atom. The van der Waals surface area contributed by atoms with Crippen LogP contribution in [-0.2, 0) is 16.0 Å². The number of hydrogen-bond donors (Lipinski definition) is 0. The van der Waals surface area contributed by atoms with Gasteiger partial charge in [0.05, 0.1) is 18.4 Å². The average molecular weight is 490 g/mol. The largest absolute Gasteiger partial charge is 0.497 e. The molecule has 7 heteroatoms. The maximum atomic E-state index is 13.4. The molecule has 1 unspecified atom stereocenters. The first-order valence-corrected chi connectivity index (χ1v) is 13.1.